The van der Waals surface area contributed by atoms with Crippen LogP contribution in [0, 0.1) is 0 Å². The summed E-state index contributed by atoms with van der Waals surface area (Å²) in [6.07, 6.45) is 3.51. The molecule has 0 spiro atoms. The molecule has 0 heterocycles. The SMILES string of the molecule is CC1(c2ccccc2)CCC(Cl)C1. The van der Waals surface area contributed by atoms with E-state index in [4.69, 9.17) is 11.6 Å². The highest BCUT2D eigenvalue weighted by molar-refractivity contribution is 6.20. The van der Waals surface area contributed by atoms with Gasteiger partial charge in [0.2, 0.25) is 0 Å². The van der Waals surface area contributed by atoms with E-state index in [-0.39, 0.29) is 0 Å². The minimum absolute atomic E-state index is 0.327. The molecule has 1 heteroatoms. The van der Waals surface area contributed by atoms with Crippen molar-refractivity contribution in [3.05, 3.63) is 35.9 Å². The maximum absolute atomic E-state index is 6.15. The van der Waals surface area contributed by atoms with Crippen molar-refractivity contribution >= 4 is 11.6 Å². The Balaban J connectivity index is 2.26. The normalized spacial score (nSPS) is 33.5. The monoisotopic (exact) mass is 194 g/mol. The van der Waals surface area contributed by atoms with Crippen molar-refractivity contribution < 1.29 is 0 Å². The van der Waals surface area contributed by atoms with Gasteiger partial charge in [-0.05, 0) is 30.2 Å². The van der Waals surface area contributed by atoms with Crippen LogP contribution in [-0.2, 0) is 5.41 Å². The first-order chi connectivity index (χ1) is 6.21. The average molecular weight is 195 g/mol. The Morgan fingerprint density at radius 1 is 1.31 bits per heavy atom. The summed E-state index contributed by atoms with van der Waals surface area (Å²) < 4.78 is 0. The van der Waals surface area contributed by atoms with Gasteiger partial charge in [-0.25, -0.2) is 0 Å². The molecule has 0 N–H and O–H groups in total. The molecule has 1 aliphatic carbocycles. The van der Waals surface area contributed by atoms with Crippen LogP contribution in [0.1, 0.15) is 31.7 Å². The Hall–Kier alpha value is -0.490. The van der Waals surface area contributed by atoms with Crippen molar-refractivity contribution in [1.82, 2.24) is 0 Å². The fraction of sp³-hybridized carbons (Fsp3) is 0.500. The molecular formula is C12H15Cl. The molecule has 70 valence electrons. The van der Waals surface area contributed by atoms with Crippen LogP contribution < -0.4 is 0 Å². The molecule has 0 aliphatic heterocycles. The van der Waals surface area contributed by atoms with Gasteiger partial charge in [-0.2, -0.15) is 0 Å². The number of hydrogen-bond donors (Lipinski definition) is 0. The number of rotatable bonds is 1. The molecule has 0 bridgehead atoms. The smallest absolute Gasteiger partial charge is 0.0344 e. The third kappa shape index (κ3) is 1.73. The number of benzene rings is 1. The van der Waals surface area contributed by atoms with E-state index in [1.54, 1.807) is 0 Å². The predicted octanol–water partition coefficient (Wildman–Crippen LogP) is 3.74. The third-order valence-electron chi connectivity index (χ3n) is 3.15. The van der Waals surface area contributed by atoms with Crippen LogP contribution in [0.5, 0.6) is 0 Å². The zero-order valence-electron chi connectivity index (χ0n) is 7.96. The van der Waals surface area contributed by atoms with E-state index in [2.05, 4.69) is 37.3 Å². The van der Waals surface area contributed by atoms with Gasteiger partial charge in [0, 0.05) is 5.38 Å². The van der Waals surface area contributed by atoms with Crippen molar-refractivity contribution in [2.24, 2.45) is 0 Å². The molecule has 13 heavy (non-hydrogen) atoms. The molecule has 1 saturated carbocycles. The topological polar surface area (TPSA) is 0 Å². The molecule has 2 rings (SSSR count). The summed E-state index contributed by atoms with van der Waals surface area (Å²) in [6.45, 7) is 2.32. The standard InChI is InChI=1S/C12H15Cl/c1-12(8-7-11(13)9-12)10-5-3-2-4-6-10/h2-6,11H,7-9H2,1H3. The number of halogens is 1. The predicted molar refractivity (Wildman–Crippen MR) is 57.3 cm³/mol. The molecule has 0 nitrogen and oxygen atoms in total. The summed E-state index contributed by atoms with van der Waals surface area (Å²) in [7, 11) is 0. The van der Waals surface area contributed by atoms with Crippen molar-refractivity contribution in [1.29, 1.82) is 0 Å². The second-order valence-corrected chi connectivity index (χ2v) is 4.88. The maximum atomic E-state index is 6.15. The van der Waals surface area contributed by atoms with E-state index in [0.29, 0.717) is 10.8 Å². The first-order valence-corrected chi connectivity index (χ1v) is 5.34. The fourth-order valence-corrected chi connectivity index (χ4v) is 2.72. The van der Waals surface area contributed by atoms with Gasteiger partial charge in [-0.1, -0.05) is 37.3 Å². The number of hydrogen-bond acceptors (Lipinski definition) is 0. The minimum Gasteiger partial charge on any atom is -0.123 e. The van der Waals surface area contributed by atoms with E-state index in [1.165, 1.54) is 12.0 Å². The average Bonchev–Trinajstić information content (AvgIpc) is 2.49. The van der Waals surface area contributed by atoms with Crippen LogP contribution >= 0.6 is 11.6 Å². The second-order valence-electron chi connectivity index (χ2n) is 4.27. The summed E-state index contributed by atoms with van der Waals surface area (Å²) in [4.78, 5) is 0. The van der Waals surface area contributed by atoms with Crippen LogP contribution in [0.15, 0.2) is 30.3 Å². The first kappa shape index (κ1) is 9.08. The van der Waals surface area contributed by atoms with Crippen LogP contribution in [0.25, 0.3) is 0 Å². The Morgan fingerprint density at radius 2 is 2.00 bits per heavy atom. The fourth-order valence-electron chi connectivity index (χ4n) is 2.27. The highest BCUT2D eigenvalue weighted by Gasteiger charge is 2.35. The van der Waals surface area contributed by atoms with Gasteiger partial charge in [-0.15, -0.1) is 11.6 Å². The summed E-state index contributed by atoms with van der Waals surface area (Å²) in [5.41, 5.74) is 1.77. The van der Waals surface area contributed by atoms with Crippen LogP contribution in [-0.4, -0.2) is 5.38 Å². The lowest BCUT2D eigenvalue weighted by Crippen LogP contribution is -2.17. The van der Waals surface area contributed by atoms with E-state index in [1.807, 2.05) is 0 Å². The van der Waals surface area contributed by atoms with E-state index < -0.39 is 0 Å². The summed E-state index contributed by atoms with van der Waals surface area (Å²) in [5, 5.41) is 0.380. The van der Waals surface area contributed by atoms with E-state index in [0.717, 1.165) is 12.8 Å². The third-order valence-corrected chi connectivity index (χ3v) is 3.52. The molecule has 1 aromatic carbocycles. The van der Waals surface area contributed by atoms with Gasteiger partial charge >= 0.3 is 0 Å². The van der Waals surface area contributed by atoms with Gasteiger partial charge in [-0.3, -0.25) is 0 Å². The van der Waals surface area contributed by atoms with Crippen LogP contribution in [0.2, 0.25) is 0 Å². The quantitative estimate of drug-likeness (QED) is 0.598. The van der Waals surface area contributed by atoms with Crippen molar-refractivity contribution in [2.75, 3.05) is 0 Å². The van der Waals surface area contributed by atoms with Crippen molar-refractivity contribution in [3.8, 4) is 0 Å². The minimum atomic E-state index is 0.327. The molecule has 2 atom stereocenters. The van der Waals surface area contributed by atoms with Gasteiger partial charge in [0.05, 0.1) is 0 Å². The Morgan fingerprint density at radius 3 is 2.54 bits per heavy atom. The summed E-state index contributed by atoms with van der Waals surface area (Å²) in [5.74, 6) is 0. The molecule has 0 radical (unpaired) electrons. The lowest BCUT2D eigenvalue weighted by Gasteiger charge is -2.24. The highest BCUT2D eigenvalue weighted by Crippen LogP contribution is 2.42. The lowest BCUT2D eigenvalue weighted by molar-refractivity contribution is 0.492. The molecule has 1 fully saturated rings. The van der Waals surface area contributed by atoms with Crippen LogP contribution in [0.4, 0.5) is 0 Å². The molecule has 2 unspecified atom stereocenters. The van der Waals surface area contributed by atoms with Crippen molar-refractivity contribution in [3.63, 3.8) is 0 Å². The molecule has 0 saturated heterocycles. The van der Waals surface area contributed by atoms with Gasteiger partial charge in [0.1, 0.15) is 0 Å². The zero-order valence-corrected chi connectivity index (χ0v) is 8.72. The Kier molecular flexibility index (Phi) is 2.33. The highest BCUT2D eigenvalue weighted by atomic mass is 35.5. The van der Waals surface area contributed by atoms with Crippen molar-refractivity contribution in [2.45, 2.75) is 37.0 Å². The maximum Gasteiger partial charge on any atom is 0.0344 e. The molecule has 0 amide bonds. The molecule has 0 aromatic heterocycles. The molecular weight excluding hydrogens is 180 g/mol. The van der Waals surface area contributed by atoms with E-state index in [9.17, 15) is 0 Å². The molecule has 1 aromatic rings. The second kappa shape index (κ2) is 3.34. The lowest BCUT2D eigenvalue weighted by atomic mass is 9.81. The largest absolute Gasteiger partial charge is 0.123 e. The van der Waals surface area contributed by atoms with Crippen LogP contribution in [0.3, 0.4) is 0 Å². The van der Waals surface area contributed by atoms with Gasteiger partial charge < -0.3 is 0 Å². The summed E-state index contributed by atoms with van der Waals surface area (Å²) in [6, 6.07) is 10.7. The summed E-state index contributed by atoms with van der Waals surface area (Å²) >= 11 is 6.15. The zero-order chi connectivity index (χ0) is 9.31. The number of alkyl halides is 1. The Bertz CT molecular complexity index is 280. The molecule has 1 aliphatic rings. The van der Waals surface area contributed by atoms with Gasteiger partial charge in [0.25, 0.3) is 0 Å². The van der Waals surface area contributed by atoms with E-state index >= 15 is 0 Å². The van der Waals surface area contributed by atoms with Gasteiger partial charge in [0.15, 0.2) is 0 Å². The Labute approximate surface area is 84.9 Å². The first-order valence-electron chi connectivity index (χ1n) is 4.90.